The van der Waals surface area contributed by atoms with Crippen LogP contribution in [0.3, 0.4) is 0 Å². The van der Waals surface area contributed by atoms with Crippen molar-refractivity contribution in [3.8, 4) is 0 Å². The van der Waals surface area contributed by atoms with Crippen LogP contribution in [0.4, 0.5) is 0 Å². The van der Waals surface area contributed by atoms with Crippen molar-refractivity contribution in [2.75, 3.05) is 0 Å². The molecule has 3 heteroatoms. The van der Waals surface area contributed by atoms with Crippen molar-refractivity contribution in [3.63, 3.8) is 0 Å². The van der Waals surface area contributed by atoms with E-state index >= 15 is 0 Å². The lowest BCUT2D eigenvalue weighted by Gasteiger charge is -2.63. The Bertz CT molecular complexity index is 853. The highest BCUT2D eigenvalue weighted by atomic mass is 16.3. The SMILES string of the molecule is CC(CC(O)C(C)(C)C=O)C1CCC2(C)C3=CCC4C(C)(C)C(=O)CCC4(C)C3CCC12C. The summed E-state index contributed by atoms with van der Waals surface area (Å²) in [6.07, 6.45) is 11.3. The van der Waals surface area contributed by atoms with E-state index in [1.54, 1.807) is 5.57 Å². The minimum absolute atomic E-state index is 0.194. The first-order valence-corrected chi connectivity index (χ1v) is 13.5. The van der Waals surface area contributed by atoms with Gasteiger partial charge in [-0.15, -0.1) is 0 Å². The third-order valence-corrected chi connectivity index (χ3v) is 12.1. The fourth-order valence-electron chi connectivity index (χ4n) is 9.36. The Labute approximate surface area is 202 Å². The Morgan fingerprint density at radius 2 is 1.79 bits per heavy atom. The van der Waals surface area contributed by atoms with Crippen molar-refractivity contribution < 1.29 is 14.7 Å². The molecule has 186 valence electrons. The van der Waals surface area contributed by atoms with E-state index < -0.39 is 11.5 Å². The van der Waals surface area contributed by atoms with Gasteiger partial charge in [-0.3, -0.25) is 4.79 Å². The zero-order valence-electron chi connectivity index (χ0n) is 22.5. The van der Waals surface area contributed by atoms with Crippen LogP contribution in [-0.4, -0.2) is 23.3 Å². The molecule has 8 atom stereocenters. The van der Waals surface area contributed by atoms with Crippen LogP contribution < -0.4 is 0 Å². The van der Waals surface area contributed by atoms with Crippen molar-refractivity contribution in [3.05, 3.63) is 11.6 Å². The normalized spacial score (nSPS) is 44.2. The maximum Gasteiger partial charge on any atom is 0.138 e. The number of hydrogen-bond donors (Lipinski definition) is 1. The summed E-state index contributed by atoms with van der Waals surface area (Å²) < 4.78 is 0. The van der Waals surface area contributed by atoms with Crippen LogP contribution in [-0.2, 0) is 9.59 Å². The first-order valence-electron chi connectivity index (χ1n) is 13.5. The fourth-order valence-corrected chi connectivity index (χ4v) is 9.36. The number of allylic oxidation sites excluding steroid dienone is 2. The second-order valence-electron chi connectivity index (χ2n) is 14.3. The van der Waals surface area contributed by atoms with Crippen LogP contribution in [0.25, 0.3) is 0 Å². The molecule has 0 aromatic rings. The number of Topliss-reactive ketones (excluding diaryl/α,β-unsaturated/α-hetero) is 1. The summed E-state index contributed by atoms with van der Waals surface area (Å²) in [4.78, 5) is 24.3. The number of aliphatic hydroxyl groups is 1. The minimum Gasteiger partial charge on any atom is -0.392 e. The van der Waals surface area contributed by atoms with Gasteiger partial charge in [0, 0.05) is 17.3 Å². The Balaban J connectivity index is 1.63. The van der Waals surface area contributed by atoms with Gasteiger partial charge in [0.1, 0.15) is 12.1 Å². The zero-order valence-corrected chi connectivity index (χ0v) is 22.5. The van der Waals surface area contributed by atoms with Gasteiger partial charge in [0.05, 0.1) is 6.10 Å². The van der Waals surface area contributed by atoms with Gasteiger partial charge in [0.25, 0.3) is 0 Å². The van der Waals surface area contributed by atoms with Gasteiger partial charge in [0.2, 0.25) is 0 Å². The lowest BCUT2D eigenvalue weighted by molar-refractivity contribution is -0.146. The van der Waals surface area contributed by atoms with E-state index in [0.29, 0.717) is 35.9 Å². The predicted octanol–water partition coefficient (Wildman–Crippen LogP) is 6.77. The molecule has 33 heavy (non-hydrogen) atoms. The molecule has 0 saturated heterocycles. The third-order valence-electron chi connectivity index (χ3n) is 12.1. The van der Waals surface area contributed by atoms with E-state index in [4.69, 9.17) is 0 Å². The van der Waals surface area contributed by atoms with Gasteiger partial charge >= 0.3 is 0 Å². The molecule has 0 aromatic carbocycles. The molecule has 1 N–H and O–H groups in total. The maximum absolute atomic E-state index is 12.8. The van der Waals surface area contributed by atoms with Crippen molar-refractivity contribution >= 4 is 12.1 Å². The van der Waals surface area contributed by atoms with Gasteiger partial charge < -0.3 is 9.90 Å². The van der Waals surface area contributed by atoms with Crippen LogP contribution in [0.2, 0.25) is 0 Å². The van der Waals surface area contributed by atoms with Crippen molar-refractivity contribution in [1.29, 1.82) is 0 Å². The number of hydrogen-bond acceptors (Lipinski definition) is 3. The number of carbonyl (C=O) groups is 2. The summed E-state index contributed by atoms with van der Waals surface area (Å²) in [6.45, 7) is 18.0. The molecule has 8 unspecified atom stereocenters. The zero-order chi connectivity index (χ0) is 24.6. The van der Waals surface area contributed by atoms with Gasteiger partial charge in [-0.1, -0.05) is 67.0 Å². The quantitative estimate of drug-likeness (QED) is 0.367. The van der Waals surface area contributed by atoms with E-state index in [1.165, 1.54) is 25.7 Å². The van der Waals surface area contributed by atoms with Crippen molar-refractivity contribution in [1.82, 2.24) is 0 Å². The van der Waals surface area contributed by atoms with E-state index in [0.717, 1.165) is 25.5 Å². The first kappa shape index (κ1) is 25.1. The second-order valence-corrected chi connectivity index (χ2v) is 14.3. The predicted molar refractivity (Wildman–Crippen MR) is 134 cm³/mol. The molecule has 3 fully saturated rings. The molecule has 0 aromatic heterocycles. The molecule has 4 aliphatic carbocycles. The average Bonchev–Trinajstić information content (AvgIpc) is 3.02. The highest BCUT2D eigenvalue weighted by molar-refractivity contribution is 5.85. The molecule has 0 radical (unpaired) electrons. The van der Waals surface area contributed by atoms with Gasteiger partial charge in [-0.25, -0.2) is 0 Å². The van der Waals surface area contributed by atoms with E-state index in [9.17, 15) is 14.7 Å². The molecule has 0 aliphatic heterocycles. The van der Waals surface area contributed by atoms with Gasteiger partial charge in [-0.2, -0.15) is 0 Å². The maximum atomic E-state index is 12.8. The van der Waals surface area contributed by atoms with Crippen LogP contribution in [0.15, 0.2) is 11.6 Å². The van der Waals surface area contributed by atoms with Crippen LogP contribution in [0.1, 0.15) is 107 Å². The Hall–Kier alpha value is -0.960. The smallest absolute Gasteiger partial charge is 0.138 e. The van der Waals surface area contributed by atoms with E-state index in [1.807, 2.05) is 13.8 Å². The first-order chi connectivity index (χ1) is 15.1. The third kappa shape index (κ3) is 3.38. The van der Waals surface area contributed by atoms with E-state index in [-0.39, 0.29) is 21.7 Å². The Morgan fingerprint density at radius 3 is 2.42 bits per heavy atom. The standard InChI is InChI=1S/C30H48O3/c1-19(17-25(33)26(2,3)18-31)20-11-15-30(8)22-9-10-23-27(4,5)24(32)13-14-28(23,6)21(22)12-16-29(20,30)7/h9,18-21,23,25,33H,10-17H2,1-8H3. The van der Waals surface area contributed by atoms with Gasteiger partial charge in [0.15, 0.2) is 0 Å². The summed E-state index contributed by atoms with van der Waals surface area (Å²) in [5.41, 5.74) is 1.44. The molecule has 0 bridgehead atoms. The lowest BCUT2D eigenvalue weighted by atomic mass is 9.41. The molecular formula is C30H48O3. The number of rotatable bonds is 5. The summed E-state index contributed by atoms with van der Waals surface area (Å²) in [6, 6.07) is 0. The van der Waals surface area contributed by atoms with Crippen molar-refractivity contribution in [2.45, 2.75) is 113 Å². The number of fused-ring (bicyclic) bond motifs is 5. The average molecular weight is 457 g/mol. The van der Waals surface area contributed by atoms with Crippen LogP contribution >= 0.6 is 0 Å². The Morgan fingerprint density at radius 1 is 1.12 bits per heavy atom. The Kier molecular flexibility index (Phi) is 5.92. The number of aliphatic hydroxyl groups excluding tert-OH is 1. The summed E-state index contributed by atoms with van der Waals surface area (Å²) in [5, 5.41) is 10.8. The summed E-state index contributed by atoms with van der Waals surface area (Å²) >= 11 is 0. The highest BCUT2D eigenvalue weighted by Crippen LogP contribution is 2.73. The fraction of sp³-hybridized carbons (Fsp3) is 0.867. The molecule has 0 spiro atoms. The molecular weight excluding hydrogens is 408 g/mol. The molecule has 3 saturated carbocycles. The van der Waals surface area contributed by atoms with E-state index in [2.05, 4.69) is 47.6 Å². The molecule has 3 nitrogen and oxygen atoms in total. The largest absolute Gasteiger partial charge is 0.392 e. The lowest BCUT2D eigenvalue weighted by Crippen LogP contribution is -2.57. The molecule has 4 aliphatic rings. The topological polar surface area (TPSA) is 54.4 Å². The number of carbonyl (C=O) groups excluding carboxylic acids is 2. The second kappa shape index (κ2) is 7.77. The number of ketones is 1. The summed E-state index contributed by atoms with van der Waals surface area (Å²) in [5.74, 6) is 2.46. The molecule has 0 heterocycles. The summed E-state index contributed by atoms with van der Waals surface area (Å²) in [7, 11) is 0. The highest BCUT2D eigenvalue weighted by Gasteiger charge is 2.65. The van der Waals surface area contributed by atoms with Crippen LogP contribution in [0.5, 0.6) is 0 Å². The van der Waals surface area contributed by atoms with Gasteiger partial charge in [-0.05, 0) is 84.9 Å². The molecule has 0 amide bonds. The number of aldehydes is 1. The monoisotopic (exact) mass is 456 g/mol. The van der Waals surface area contributed by atoms with Crippen molar-refractivity contribution in [2.24, 2.45) is 50.7 Å². The molecule has 4 rings (SSSR count). The van der Waals surface area contributed by atoms with Crippen LogP contribution in [0, 0.1) is 50.7 Å². The minimum atomic E-state index is -0.685.